The highest BCUT2D eigenvalue weighted by atomic mass is 32.1. The van der Waals surface area contributed by atoms with E-state index in [4.69, 9.17) is 9.47 Å². The maximum absolute atomic E-state index is 13.9. The Morgan fingerprint density at radius 2 is 1.70 bits per heavy atom. The number of tetrazole rings is 1. The van der Waals surface area contributed by atoms with Crippen molar-refractivity contribution in [3.63, 3.8) is 0 Å². The molecule has 1 aliphatic carbocycles. The molecule has 1 fully saturated rings. The molecule has 5 rings (SSSR count). The van der Waals surface area contributed by atoms with Crippen LogP contribution in [0.25, 0.3) is 11.4 Å². The summed E-state index contributed by atoms with van der Waals surface area (Å²) in [6, 6.07) is 17.9. The number of ether oxygens (including phenoxy) is 2. The maximum atomic E-state index is 13.9. The van der Waals surface area contributed by atoms with Crippen molar-refractivity contribution in [3.8, 4) is 22.9 Å². The maximum Gasteiger partial charge on any atom is 0.248 e. The van der Waals surface area contributed by atoms with E-state index in [1.807, 2.05) is 66.0 Å². The standard InChI is InChI=1S/C29H32N6O4S/c1-38-23-13-9-20(10-14-23)18-34(27(25-8-5-17-40-25)29(37)30-22-6-3-4-7-22)26(36)19-35-32-28(31-33-35)21-11-15-24(39-2)16-12-21/h5,8-17,22,27H,3-4,6-7,18-19H2,1-2H3,(H,30,37)/t27-/m1/s1. The molecule has 208 valence electrons. The number of aromatic nitrogens is 4. The van der Waals surface area contributed by atoms with E-state index >= 15 is 0 Å². The summed E-state index contributed by atoms with van der Waals surface area (Å²) in [5, 5.41) is 17.8. The van der Waals surface area contributed by atoms with Crippen LogP contribution >= 0.6 is 11.3 Å². The first-order valence-electron chi connectivity index (χ1n) is 13.2. The Kier molecular flexibility index (Phi) is 8.70. The fourth-order valence-electron chi connectivity index (χ4n) is 4.85. The van der Waals surface area contributed by atoms with Gasteiger partial charge in [-0.3, -0.25) is 9.59 Å². The lowest BCUT2D eigenvalue weighted by Gasteiger charge is -2.31. The summed E-state index contributed by atoms with van der Waals surface area (Å²) in [5.74, 6) is 1.35. The normalized spacial score (nSPS) is 14.1. The molecule has 0 bridgehead atoms. The van der Waals surface area contributed by atoms with Crippen molar-refractivity contribution in [2.24, 2.45) is 0 Å². The van der Waals surface area contributed by atoms with Crippen molar-refractivity contribution >= 4 is 23.2 Å². The second kappa shape index (κ2) is 12.7. The van der Waals surface area contributed by atoms with E-state index in [9.17, 15) is 9.59 Å². The molecule has 1 saturated carbocycles. The number of nitrogens with one attached hydrogen (secondary N) is 1. The zero-order valence-corrected chi connectivity index (χ0v) is 23.3. The minimum atomic E-state index is -0.792. The lowest BCUT2D eigenvalue weighted by Crippen LogP contribution is -2.46. The highest BCUT2D eigenvalue weighted by Gasteiger charge is 2.34. The molecule has 0 saturated heterocycles. The molecule has 2 aromatic heterocycles. The SMILES string of the molecule is COc1ccc(CN(C(=O)Cn2nnc(-c3ccc(OC)cc3)n2)[C@@H](C(=O)NC2CCCC2)c2cccs2)cc1. The number of hydrogen-bond donors (Lipinski definition) is 1. The number of rotatable bonds is 11. The molecule has 1 aliphatic rings. The monoisotopic (exact) mass is 560 g/mol. The van der Waals surface area contributed by atoms with Gasteiger partial charge >= 0.3 is 0 Å². The predicted octanol–water partition coefficient (Wildman–Crippen LogP) is 4.25. The summed E-state index contributed by atoms with van der Waals surface area (Å²) < 4.78 is 10.5. The van der Waals surface area contributed by atoms with E-state index in [1.165, 1.54) is 16.1 Å². The minimum Gasteiger partial charge on any atom is -0.497 e. The van der Waals surface area contributed by atoms with Gasteiger partial charge in [0.05, 0.1) is 14.2 Å². The third-order valence-corrected chi connectivity index (χ3v) is 7.91. The second-order valence-electron chi connectivity index (χ2n) is 9.65. The fourth-order valence-corrected chi connectivity index (χ4v) is 5.68. The fraction of sp³-hybridized carbons (Fsp3) is 0.345. The minimum absolute atomic E-state index is 0.122. The third-order valence-electron chi connectivity index (χ3n) is 6.98. The number of thiophene rings is 1. The van der Waals surface area contributed by atoms with E-state index in [-0.39, 0.29) is 30.9 Å². The molecule has 2 amide bonds. The van der Waals surface area contributed by atoms with Crippen LogP contribution in [0.4, 0.5) is 0 Å². The molecular weight excluding hydrogens is 528 g/mol. The van der Waals surface area contributed by atoms with Crippen LogP contribution in [0.2, 0.25) is 0 Å². The van der Waals surface area contributed by atoms with Crippen molar-refractivity contribution < 1.29 is 19.1 Å². The van der Waals surface area contributed by atoms with Gasteiger partial charge in [-0.1, -0.05) is 31.0 Å². The first-order chi connectivity index (χ1) is 19.5. The number of methoxy groups -OCH3 is 2. The molecule has 0 aliphatic heterocycles. The lowest BCUT2D eigenvalue weighted by atomic mass is 10.1. The number of carbonyl (C=O) groups excluding carboxylic acids is 2. The van der Waals surface area contributed by atoms with E-state index in [0.717, 1.165) is 47.4 Å². The molecule has 11 heteroatoms. The first kappa shape index (κ1) is 27.3. The predicted molar refractivity (Wildman–Crippen MR) is 151 cm³/mol. The van der Waals surface area contributed by atoms with Gasteiger partial charge in [0.25, 0.3) is 0 Å². The largest absolute Gasteiger partial charge is 0.497 e. The van der Waals surface area contributed by atoms with Gasteiger partial charge in [-0.05, 0) is 71.5 Å². The molecule has 0 spiro atoms. The van der Waals surface area contributed by atoms with Crippen LogP contribution in [0.5, 0.6) is 11.5 Å². The summed E-state index contributed by atoms with van der Waals surface area (Å²) in [6.45, 7) is 0.0570. The summed E-state index contributed by atoms with van der Waals surface area (Å²) in [6.07, 6.45) is 4.09. The Balaban J connectivity index is 1.42. The van der Waals surface area contributed by atoms with Crippen LogP contribution < -0.4 is 14.8 Å². The number of nitrogens with zero attached hydrogens (tertiary/aromatic N) is 5. The van der Waals surface area contributed by atoms with Crippen LogP contribution in [0, 0.1) is 0 Å². The number of benzene rings is 2. The van der Waals surface area contributed by atoms with Gasteiger partial charge in [0, 0.05) is 23.0 Å². The van der Waals surface area contributed by atoms with Crippen LogP contribution in [0.1, 0.15) is 42.2 Å². The van der Waals surface area contributed by atoms with Gasteiger partial charge in [0.1, 0.15) is 24.1 Å². The molecule has 0 radical (unpaired) electrons. The molecule has 4 aromatic rings. The number of hydrogen-bond acceptors (Lipinski definition) is 8. The molecule has 10 nitrogen and oxygen atoms in total. The topological polar surface area (TPSA) is 111 Å². The Labute approximate surface area is 236 Å². The zero-order valence-electron chi connectivity index (χ0n) is 22.5. The summed E-state index contributed by atoms with van der Waals surface area (Å²) >= 11 is 1.45. The van der Waals surface area contributed by atoms with Crippen molar-refractivity contribution in [1.82, 2.24) is 30.4 Å². The Morgan fingerprint density at radius 3 is 2.33 bits per heavy atom. The van der Waals surface area contributed by atoms with Crippen LogP contribution in [0.15, 0.2) is 66.0 Å². The Hall–Kier alpha value is -4.25. The Morgan fingerprint density at radius 1 is 1.02 bits per heavy atom. The molecule has 1 atom stereocenters. The highest BCUT2D eigenvalue weighted by Crippen LogP contribution is 2.29. The highest BCUT2D eigenvalue weighted by molar-refractivity contribution is 7.10. The molecule has 2 heterocycles. The average Bonchev–Trinajstić information content (AvgIpc) is 3.77. The third kappa shape index (κ3) is 6.48. The molecule has 1 N–H and O–H groups in total. The lowest BCUT2D eigenvalue weighted by molar-refractivity contribution is -0.142. The van der Waals surface area contributed by atoms with Crippen molar-refractivity contribution in [2.75, 3.05) is 14.2 Å². The number of carbonyl (C=O) groups is 2. The summed E-state index contributed by atoms with van der Waals surface area (Å²) in [7, 11) is 3.21. The average molecular weight is 561 g/mol. The number of amides is 2. The van der Waals surface area contributed by atoms with E-state index in [1.54, 1.807) is 19.1 Å². The van der Waals surface area contributed by atoms with Gasteiger partial charge in [-0.15, -0.1) is 21.5 Å². The molecule has 2 aromatic carbocycles. The van der Waals surface area contributed by atoms with Gasteiger partial charge in [-0.25, -0.2) is 0 Å². The van der Waals surface area contributed by atoms with E-state index in [0.29, 0.717) is 11.6 Å². The van der Waals surface area contributed by atoms with Gasteiger partial charge in [0.2, 0.25) is 17.6 Å². The first-order valence-corrected chi connectivity index (χ1v) is 14.1. The van der Waals surface area contributed by atoms with Gasteiger partial charge in [0.15, 0.2) is 0 Å². The van der Waals surface area contributed by atoms with Crippen LogP contribution in [-0.2, 0) is 22.7 Å². The van der Waals surface area contributed by atoms with Crippen LogP contribution in [0.3, 0.4) is 0 Å². The second-order valence-corrected chi connectivity index (χ2v) is 10.6. The van der Waals surface area contributed by atoms with Crippen molar-refractivity contribution in [2.45, 2.75) is 50.9 Å². The van der Waals surface area contributed by atoms with Crippen molar-refractivity contribution in [1.29, 1.82) is 0 Å². The summed E-state index contributed by atoms with van der Waals surface area (Å²) in [4.78, 5) is 31.3. The van der Waals surface area contributed by atoms with E-state index in [2.05, 4.69) is 20.7 Å². The smallest absolute Gasteiger partial charge is 0.248 e. The molecular formula is C29H32N6O4S. The van der Waals surface area contributed by atoms with Gasteiger partial charge in [-0.2, -0.15) is 4.80 Å². The van der Waals surface area contributed by atoms with E-state index < -0.39 is 6.04 Å². The van der Waals surface area contributed by atoms with Crippen LogP contribution in [-0.4, -0.2) is 57.2 Å². The van der Waals surface area contributed by atoms with Crippen molar-refractivity contribution in [3.05, 3.63) is 76.5 Å². The molecule has 40 heavy (non-hydrogen) atoms. The summed E-state index contributed by atoms with van der Waals surface area (Å²) in [5.41, 5.74) is 1.62. The molecule has 0 unspecified atom stereocenters. The zero-order chi connectivity index (χ0) is 27.9. The quantitative estimate of drug-likeness (QED) is 0.292. The van der Waals surface area contributed by atoms with Gasteiger partial charge < -0.3 is 19.7 Å². The Bertz CT molecular complexity index is 1400.